The summed E-state index contributed by atoms with van der Waals surface area (Å²) in [5, 5.41) is 8.99. The van der Waals surface area contributed by atoms with Crippen LogP contribution in [0.15, 0.2) is 4.79 Å². The first-order valence-corrected chi connectivity index (χ1v) is 10.1. The zero-order valence-corrected chi connectivity index (χ0v) is 15.5. The molecule has 6 nitrogen and oxygen atoms in total. The fraction of sp³-hybridized carbons (Fsp3) is 0.667. The summed E-state index contributed by atoms with van der Waals surface area (Å²) in [5.74, 6) is 0.635. The van der Waals surface area contributed by atoms with Crippen LogP contribution < -0.4 is 5.56 Å². The van der Waals surface area contributed by atoms with Crippen LogP contribution in [0.5, 0.6) is 0 Å². The van der Waals surface area contributed by atoms with Gasteiger partial charge in [-0.2, -0.15) is 0 Å². The summed E-state index contributed by atoms with van der Waals surface area (Å²) < 4.78 is 1.26. The minimum atomic E-state index is -0.153. The standard InChI is InChI=1S/C18H24N4O2S/c1-12-6-7-13-14(10-12)25-17-16(13)18(24)22(20-19-17)11-15(23)21-8-4-2-3-5-9-21/h12H,2-11H2,1H3/t12-/m1/s1. The molecule has 1 amide bonds. The second kappa shape index (κ2) is 6.86. The molecule has 0 spiro atoms. The van der Waals surface area contributed by atoms with E-state index in [-0.39, 0.29) is 18.0 Å². The summed E-state index contributed by atoms with van der Waals surface area (Å²) >= 11 is 1.59. The smallest absolute Gasteiger partial charge is 0.279 e. The second-order valence-corrected chi connectivity index (χ2v) is 8.46. The molecule has 0 N–H and O–H groups in total. The number of amides is 1. The van der Waals surface area contributed by atoms with E-state index in [9.17, 15) is 9.59 Å². The molecule has 3 heterocycles. The Hall–Kier alpha value is -1.76. The molecule has 0 saturated carbocycles. The van der Waals surface area contributed by atoms with Gasteiger partial charge in [-0.1, -0.05) is 25.0 Å². The molecule has 134 valence electrons. The van der Waals surface area contributed by atoms with E-state index >= 15 is 0 Å². The molecule has 0 unspecified atom stereocenters. The normalized spacial score (nSPS) is 21.2. The Bertz CT molecular complexity index is 849. The van der Waals surface area contributed by atoms with Gasteiger partial charge >= 0.3 is 0 Å². The molecule has 1 aliphatic carbocycles. The molecular formula is C18H24N4O2S. The van der Waals surface area contributed by atoms with Crippen LogP contribution in [-0.4, -0.2) is 38.9 Å². The predicted molar refractivity (Wildman–Crippen MR) is 97.9 cm³/mol. The Labute approximate surface area is 150 Å². The monoisotopic (exact) mass is 360 g/mol. The Balaban J connectivity index is 1.63. The first-order valence-electron chi connectivity index (χ1n) is 9.29. The van der Waals surface area contributed by atoms with Gasteiger partial charge in [0.2, 0.25) is 5.91 Å². The number of thiophene rings is 1. The van der Waals surface area contributed by atoms with Crippen molar-refractivity contribution in [3.63, 3.8) is 0 Å². The van der Waals surface area contributed by atoms with Crippen LogP contribution in [0.2, 0.25) is 0 Å². The highest BCUT2D eigenvalue weighted by Gasteiger charge is 2.24. The lowest BCUT2D eigenvalue weighted by Crippen LogP contribution is -2.38. The number of fused-ring (bicyclic) bond motifs is 3. The maximum Gasteiger partial charge on any atom is 0.279 e. The highest BCUT2D eigenvalue weighted by Crippen LogP contribution is 2.35. The van der Waals surface area contributed by atoms with Crippen molar-refractivity contribution in [1.29, 1.82) is 0 Å². The summed E-state index contributed by atoms with van der Waals surface area (Å²) in [7, 11) is 0. The van der Waals surface area contributed by atoms with E-state index in [1.165, 1.54) is 22.4 Å². The Morgan fingerprint density at radius 1 is 1.24 bits per heavy atom. The fourth-order valence-electron chi connectivity index (χ4n) is 3.94. The molecule has 2 aromatic rings. The van der Waals surface area contributed by atoms with E-state index in [1.807, 2.05) is 4.90 Å². The van der Waals surface area contributed by atoms with Crippen LogP contribution in [0.4, 0.5) is 0 Å². The van der Waals surface area contributed by atoms with Gasteiger partial charge < -0.3 is 4.90 Å². The number of nitrogens with zero attached hydrogens (tertiary/aromatic N) is 4. The molecule has 1 fully saturated rings. The summed E-state index contributed by atoms with van der Waals surface area (Å²) in [4.78, 5) is 29.4. The summed E-state index contributed by atoms with van der Waals surface area (Å²) in [5.41, 5.74) is 0.995. The second-order valence-electron chi connectivity index (χ2n) is 7.38. The van der Waals surface area contributed by atoms with Gasteiger partial charge in [-0.3, -0.25) is 9.59 Å². The molecular weight excluding hydrogens is 336 g/mol. The lowest BCUT2D eigenvalue weighted by Gasteiger charge is -2.20. The lowest BCUT2D eigenvalue weighted by atomic mass is 9.89. The molecule has 0 aromatic carbocycles. The summed E-state index contributed by atoms with van der Waals surface area (Å²) in [6.07, 6.45) is 7.49. The van der Waals surface area contributed by atoms with Crippen LogP contribution in [-0.2, 0) is 24.2 Å². The van der Waals surface area contributed by atoms with E-state index in [2.05, 4.69) is 17.2 Å². The number of likely N-dealkylation sites (tertiary alicyclic amines) is 1. The van der Waals surface area contributed by atoms with Gasteiger partial charge in [-0.15, -0.1) is 16.4 Å². The van der Waals surface area contributed by atoms with Gasteiger partial charge in [-0.25, -0.2) is 4.68 Å². The Kier molecular flexibility index (Phi) is 4.58. The SMILES string of the molecule is C[C@@H]1CCc2c(sc3nnn(CC(=O)N4CCCCCC4)c(=O)c23)C1. The third-order valence-corrected chi connectivity index (χ3v) is 6.57. The summed E-state index contributed by atoms with van der Waals surface area (Å²) in [6, 6.07) is 0. The fourth-order valence-corrected chi connectivity index (χ4v) is 5.26. The maximum absolute atomic E-state index is 12.9. The third kappa shape index (κ3) is 3.21. The largest absolute Gasteiger partial charge is 0.341 e. The molecule has 0 bridgehead atoms. The number of aromatic nitrogens is 3. The molecule has 0 radical (unpaired) electrons. The average Bonchev–Trinajstić information content (AvgIpc) is 2.78. The molecule has 1 aliphatic heterocycles. The van der Waals surface area contributed by atoms with Gasteiger partial charge in [0.25, 0.3) is 5.56 Å². The van der Waals surface area contributed by atoms with Crippen molar-refractivity contribution in [3.8, 4) is 0 Å². The topological polar surface area (TPSA) is 68.1 Å². The van der Waals surface area contributed by atoms with E-state index in [4.69, 9.17) is 0 Å². The van der Waals surface area contributed by atoms with Gasteiger partial charge in [0.1, 0.15) is 6.54 Å². The van der Waals surface area contributed by atoms with E-state index in [0.29, 0.717) is 11.3 Å². The van der Waals surface area contributed by atoms with Crippen molar-refractivity contribution in [2.45, 2.75) is 58.4 Å². The third-order valence-electron chi connectivity index (χ3n) is 5.43. The molecule has 7 heteroatoms. The molecule has 2 aliphatic rings. The van der Waals surface area contributed by atoms with E-state index in [0.717, 1.165) is 55.6 Å². The molecule has 1 saturated heterocycles. The molecule has 25 heavy (non-hydrogen) atoms. The van der Waals surface area contributed by atoms with Crippen LogP contribution in [0.3, 0.4) is 0 Å². The highest BCUT2D eigenvalue weighted by molar-refractivity contribution is 7.18. The van der Waals surface area contributed by atoms with Gasteiger partial charge in [-0.05, 0) is 43.6 Å². The average molecular weight is 360 g/mol. The first-order chi connectivity index (χ1) is 12.1. The van der Waals surface area contributed by atoms with Crippen LogP contribution in [0, 0.1) is 5.92 Å². The molecule has 4 rings (SSSR count). The Morgan fingerprint density at radius 3 is 2.76 bits per heavy atom. The molecule has 1 atom stereocenters. The van der Waals surface area contributed by atoms with Gasteiger partial charge in [0, 0.05) is 18.0 Å². The number of carbonyl (C=O) groups excluding carboxylic acids is 1. The van der Waals surface area contributed by atoms with Crippen molar-refractivity contribution >= 4 is 27.5 Å². The maximum atomic E-state index is 12.9. The zero-order chi connectivity index (χ0) is 17.4. The molecule has 2 aromatic heterocycles. The summed E-state index contributed by atoms with van der Waals surface area (Å²) in [6.45, 7) is 3.82. The van der Waals surface area contributed by atoms with Crippen molar-refractivity contribution in [1.82, 2.24) is 19.9 Å². The minimum Gasteiger partial charge on any atom is -0.341 e. The van der Waals surface area contributed by atoms with Crippen molar-refractivity contribution in [3.05, 3.63) is 20.8 Å². The highest BCUT2D eigenvalue weighted by atomic mass is 32.1. The minimum absolute atomic E-state index is 0.00277. The van der Waals surface area contributed by atoms with E-state index in [1.54, 1.807) is 11.3 Å². The number of carbonyl (C=O) groups is 1. The first kappa shape index (κ1) is 16.7. The van der Waals surface area contributed by atoms with Crippen LogP contribution in [0.1, 0.15) is 49.5 Å². The van der Waals surface area contributed by atoms with Gasteiger partial charge in [0.15, 0.2) is 4.83 Å². The Morgan fingerprint density at radius 2 is 2.00 bits per heavy atom. The van der Waals surface area contributed by atoms with Crippen molar-refractivity contribution in [2.75, 3.05) is 13.1 Å². The van der Waals surface area contributed by atoms with Crippen LogP contribution in [0.25, 0.3) is 10.2 Å². The lowest BCUT2D eigenvalue weighted by molar-refractivity contribution is -0.132. The number of rotatable bonds is 2. The quantitative estimate of drug-likeness (QED) is 0.825. The number of hydrogen-bond donors (Lipinski definition) is 0. The van der Waals surface area contributed by atoms with E-state index < -0.39 is 0 Å². The van der Waals surface area contributed by atoms with Crippen LogP contribution >= 0.6 is 11.3 Å². The number of aryl methyl sites for hydroxylation is 1. The number of hydrogen-bond acceptors (Lipinski definition) is 5. The zero-order valence-electron chi connectivity index (χ0n) is 14.7. The predicted octanol–water partition coefficient (Wildman–Crippen LogP) is 2.38. The van der Waals surface area contributed by atoms with Gasteiger partial charge in [0.05, 0.1) is 5.39 Å². The van der Waals surface area contributed by atoms with Crippen molar-refractivity contribution < 1.29 is 4.79 Å². The van der Waals surface area contributed by atoms with Crippen molar-refractivity contribution in [2.24, 2.45) is 5.92 Å².